The predicted octanol–water partition coefficient (Wildman–Crippen LogP) is 3.52. The van der Waals surface area contributed by atoms with Gasteiger partial charge in [-0.2, -0.15) is 5.10 Å². The van der Waals surface area contributed by atoms with Crippen LogP contribution in [0.4, 0.5) is 5.69 Å². The molecule has 8 heteroatoms. The molecule has 30 heavy (non-hydrogen) atoms. The first-order valence-electron chi connectivity index (χ1n) is 9.58. The Kier molecular flexibility index (Phi) is 4.55. The number of aromatic nitrogens is 3. The maximum atomic E-state index is 13.0. The monoisotopic (exact) mass is 418 g/mol. The number of thiophene rings is 1. The zero-order valence-electron chi connectivity index (χ0n) is 16.2. The van der Waals surface area contributed by atoms with Crippen LogP contribution in [0.1, 0.15) is 11.3 Å². The molecular formula is C22H18N4O3S. The van der Waals surface area contributed by atoms with Gasteiger partial charge in [0.15, 0.2) is 5.76 Å². The van der Waals surface area contributed by atoms with Crippen LogP contribution in [0.5, 0.6) is 0 Å². The van der Waals surface area contributed by atoms with Crippen LogP contribution in [0.15, 0.2) is 63.2 Å². The topological polar surface area (TPSA) is 81.2 Å². The van der Waals surface area contributed by atoms with Gasteiger partial charge in [0.1, 0.15) is 12.2 Å². The van der Waals surface area contributed by atoms with Gasteiger partial charge in [-0.1, -0.05) is 29.4 Å². The van der Waals surface area contributed by atoms with E-state index >= 15 is 0 Å². The number of benzene rings is 1. The molecule has 0 fully saturated rings. The molecule has 5 rings (SSSR count). The number of aryl methyl sites for hydroxylation is 1. The van der Waals surface area contributed by atoms with E-state index in [2.05, 4.69) is 10.3 Å². The summed E-state index contributed by atoms with van der Waals surface area (Å²) >= 11 is 1.51. The molecule has 1 amide bonds. The minimum atomic E-state index is -0.361. The average Bonchev–Trinajstić information content (AvgIpc) is 3.49. The maximum absolute atomic E-state index is 13.0. The van der Waals surface area contributed by atoms with E-state index in [1.807, 2.05) is 48.7 Å². The molecule has 0 bridgehead atoms. The Morgan fingerprint density at radius 3 is 2.83 bits per heavy atom. The molecule has 4 heterocycles. The molecule has 4 aromatic rings. The normalized spacial score (nSPS) is 12.9. The van der Waals surface area contributed by atoms with E-state index in [9.17, 15) is 9.59 Å². The summed E-state index contributed by atoms with van der Waals surface area (Å²) < 4.78 is 6.60. The Balaban J connectivity index is 1.53. The highest BCUT2D eigenvalue weighted by molar-refractivity contribution is 7.13. The van der Waals surface area contributed by atoms with Crippen molar-refractivity contribution in [2.45, 2.75) is 19.9 Å². The molecule has 0 spiro atoms. The first-order chi connectivity index (χ1) is 14.6. The number of amides is 1. The number of fused-ring (bicyclic) bond motifs is 1. The molecule has 0 saturated carbocycles. The third-order valence-electron chi connectivity index (χ3n) is 5.12. The first-order valence-corrected chi connectivity index (χ1v) is 10.5. The van der Waals surface area contributed by atoms with Crippen LogP contribution < -0.4 is 10.5 Å². The predicted molar refractivity (Wildman–Crippen MR) is 115 cm³/mol. The van der Waals surface area contributed by atoms with Crippen molar-refractivity contribution in [2.24, 2.45) is 0 Å². The Morgan fingerprint density at radius 2 is 2.07 bits per heavy atom. The van der Waals surface area contributed by atoms with Crippen molar-refractivity contribution in [1.82, 2.24) is 14.9 Å². The quantitative estimate of drug-likeness (QED) is 0.506. The van der Waals surface area contributed by atoms with Gasteiger partial charge in [-0.15, -0.1) is 11.3 Å². The Labute approximate surface area is 176 Å². The molecule has 0 saturated heterocycles. The molecule has 7 nitrogen and oxygen atoms in total. The lowest BCUT2D eigenvalue weighted by molar-refractivity contribution is -0.119. The van der Waals surface area contributed by atoms with E-state index in [0.717, 1.165) is 22.5 Å². The van der Waals surface area contributed by atoms with Crippen molar-refractivity contribution in [3.8, 4) is 21.9 Å². The van der Waals surface area contributed by atoms with Gasteiger partial charge >= 0.3 is 0 Å². The highest BCUT2D eigenvalue weighted by Crippen LogP contribution is 2.32. The number of nitrogens with zero attached hydrogens (tertiary/aromatic N) is 4. The fourth-order valence-electron chi connectivity index (χ4n) is 3.69. The summed E-state index contributed by atoms with van der Waals surface area (Å²) in [7, 11) is 0. The number of rotatable bonds is 4. The van der Waals surface area contributed by atoms with Crippen LogP contribution in [0.25, 0.3) is 21.9 Å². The summed E-state index contributed by atoms with van der Waals surface area (Å²) in [5, 5.41) is 10.4. The third-order valence-corrected chi connectivity index (χ3v) is 6.00. The Hall–Kier alpha value is -3.52. The molecule has 1 aliphatic heterocycles. The third kappa shape index (κ3) is 3.25. The Morgan fingerprint density at radius 1 is 1.20 bits per heavy atom. The molecule has 0 atom stereocenters. The zero-order chi connectivity index (χ0) is 20.7. The van der Waals surface area contributed by atoms with Crippen molar-refractivity contribution in [3.63, 3.8) is 0 Å². The van der Waals surface area contributed by atoms with Crippen molar-refractivity contribution >= 4 is 22.9 Å². The highest BCUT2D eigenvalue weighted by Gasteiger charge is 2.25. The minimum Gasteiger partial charge on any atom is -0.356 e. The van der Waals surface area contributed by atoms with Crippen LogP contribution in [0, 0.1) is 6.92 Å². The van der Waals surface area contributed by atoms with Crippen molar-refractivity contribution in [3.05, 3.63) is 75.5 Å². The van der Waals surface area contributed by atoms with Crippen LogP contribution >= 0.6 is 11.3 Å². The summed E-state index contributed by atoms with van der Waals surface area (Å²) in [5.74, 6) is 0.322. The fraction of sp³-hybridized carbons (Fsp3) is 0.182. The first kappa shape index (κ1) is 18.5. The second kappa shape index (κ2) is 7.38. The van der Waals surface area contributed by atoms with Gasteiger partial charge in [-0.05, 0) is 36.4 Å². The molecule has 0 aliphatic carbocycles. The van der Waals surface area contributed by atoms with E-state index in [4.69, 9.17) is 4.52 Å². The van der Waals surface area contributed by atoms with Gasteiger partial charge in [0.25, 0.3) is 5.56 Å². The van der Waals surface area contributed by atoms with Gasteiger partial charge in [-0.25, -0.2) is 4.68 Å². The maximum Gasteiger partial charge on any atom is 0.268 e. The van der Waals surface area contributed by atoms with Crippen LogP contribution in [-0.2, 0) is 17.8 Å². The summed E-state index contributed by atoms with van der Waals surface area (Å²) in [6.45, 7) is 2.31. The number of anilines is 1. The lowest BCUT2D eigenvalue weighted by atomic mass is 10.1. The SMILES string of the molecule is Cc1cc(-c2cc(=O)n(CC(=O)N3CCc4ccccc43)nc2-c2cccs2)on1. The van der Waals surface area contributed by atoms with Gasteiger partial charge < -0.3 is 9.42 Å². The number of carbonyl (C=O) groups is 1. The van der Waals surface area contributed by atoms with Crippen molar-refractivity contribution in [2.75, 3.05) is 11.4 Å². The second-order valence-electron chi connectivity index (χ2n) is 7.14. The zero-order valence-corrected chi connectivity index (χ0v) is 17.1. The van der Waals surface area contributed by atoms with Gasteiger partial charge in [0.2, 0.25) is 5.91 Å². The van der Waals surface area contributed by atoms with Crippen molar-refractivity contribution < 1.29 is 9.32 Å². The van der Waals surface area contributed by atoms with Crippen LogP contribution in [0.3, 0.4) is 0 Å². The standard InChI is InChI=1S/C22H18N4O3S/c1-14-11-18(29-24-14)16-12-20(27)26(23-22(16)19-7-4-10-30-19)13-21(28)25-9-8-15-5-2-3-6-17(15)25/h2-7,10-12H,8-9,13H2,1H3. The molecule has 1 aromatic carbocycles. The van der Waals surface area contributed by atoms with E-state index in [1.54, 1.807) is 11.0 Å². The van der Waals surface area contributed by atoms with Gasteiger partial charge in [0, 0.05) is 24.4 Å². The molecule has 0 unspecified atom stereocenters. The lowest BCUT2D eigenvalue weighted by Gasteiger charge is -2.18. The fourth-order valence-corrected chi connectivity index (χ4v) is 4.41. The molecular weight excluding hydrogens is 400 g/mol. The number of para-hydroxylation sites is 1. The van der Waals surface area contributed by atoms with Crippen molar-refractivity contribution in [1.29, 1.82) is 0 Å². The average molecular weight is 418 g/mol. The molecule has 1 aliphatic rings. The van der Waals surface area contributed by atoms with Crippen LogP contribution in [-0.4, -0.2) is 27.4 Å². The van der Waals surface area contributed by atoms with E-state index in [0.29, 0.717) is 29.3 Å². The number of hydrogen-bond acceptors (Lipinski definition) is 6. The number of carbonyl (C=O) groups excluding carboxylic acids is 1. The second-order valence-corrected chi connectivity index (χ2v) is 8.08. The largest absolute Gasteiger partial charge is 0.356 e. The Bertz CT molecular complexity index is 1290. The smallest absolute Gasteiger partial charge is 0.268 e. The van der Waals surface area contributed by atoms with Crippen LogP contribution in [0.2, 0.25) is 0 Å². The van der Waals surface area contributed by atoms with E-state index < -0.39 is 0 Å². The van der Waals surface area contributed by atoms with Gasteiger partial charge in [-0.3, -0.25) is 9.59 Å². The highest BCUT2D eigenvalue weighted by atomic mass is 32.1. The summed E-state index contributed by atoms with van der Waals surface area (Å²) in [5.41, 5.74) is 3.56. The van der Waals surface area contributed by atoms with E-state index in [1.165, 1.54) is 22.1 Å². The molecule has 150 valence electrons. The van der Waals surface area contributed by atoms with Gasteiger partial charge in [0.05, 0.1) is 16.1 Å². The van der Waals surface area contributed by atoms with E-state index in [-0.39, 0.29) is 18.0 Å². The molecule has 3 aromatic heterocycles. The minimum absolute atomic E-state index is 0.124. The summed E-state index contributed by atoms with van der Waals surface area (Å²) in [6.07, 6.45) is 0.814. The number of hydrogen-bond donors (Lipinski definition) is 0. The summed E-state index contributed by atoms with van der Waals surface area (Å²) in [4.78, 5) is 28.4. The molecule has 0 N–H and O–H groups in total. The molecule has 0 radical (unpaired) electrons. The lowest BCUT2D eigenvalue weighted by Crippen LogP contribution is -2.36. The summed E-state index contributed by atoms with van der Waals surface area (Å²) in [6, 6.07) is 14.9.